The first kappa shape index (κ1) is 24.3. The van der Waals surface area contributed by atoms with Crippen LogP contribution in [0, 0.1) is 11.6 Å². The molecule has 0 radical (unpaired) electrons. The minimum atomic E-state index is -0.858. The molecule has 1 aliphatic rings. The van der Waals surface area contributed by atoms with Crippen molar-refractivity contribution in [3.63, 3.8) is 0 Å². The molecule has 186 valence electrons. The average molecular weight is 488 g/mol. The van der Waals surface area contributed by atoms with Crippen LogP contribution in [0.1, 0.15) is 5.56 Å². The van der Waals surface area contributed by atoms with E-state index >= 15 is 0 Å². The van der Waals surface area contributed by atoms with Crippen LogP contribution in [0.25, 0.3) is 0 Å². The van der Waals surface area contributed by atoms with Crippen LogP contribution in [-0.2, 0) is 6.61 Å². The second-order valence-electron chi connectivity index (χ2n) is 7.67. The number of nitrogens with zero attached hydrogens (tertiary/aromatic N) is 3. The number of benzene rings is 2. The summed E-state index contributed by atoms with van der Waals surface area (Å²) in [6, 6.07) is 6.95. The number of hydrogen-bond acceptors (Lipinski definition) is 9. The lowest BCUT2D eigenvalue weighted by molar-refractivity contribution is 0.280. The van der Waals surface area contributed by atoms with Crippen LogP contribution in [-0.4, -0.2) is 57.5 Å². The van der Waals surface area contributed by atoms with Gasteiger partial charge in [0.2, 0.25) is 5.95 Å². The summed E-state index contributed by atoms with van der Waals surface area (Å²) in [6.45, 7) is 3.27. The van der Waals surface area contributed by atoms with Crippen LogP contribution in [0.3, 0.4) is 0 Å². The highest BCUT2D eigenvalue weighted by atomic mass is 19.1. The van der Waals surface area contributed by atoms with Gasteiger partial charge >= 0.3 is 0 Å². The molecule has 0 aliphatic carbocycles. The van der Waals surface area contributed by atoms with E-state index in [1.165, 1.54) is 26.6 Å². The maximum atomic E-state index is 14.5. The lowest BCUT2D eigenvalue weighted by Crippen LogP contribution is -2.43. The maximum absolute atomic E-state index is 14.5. The Morgan fingerprint density at radius 2 is 1.54 bits per heavy atom. The fourth-order valence-corrected chi connectivity index (χ4v) is 3.73. The monoisotopic (exact) mass is 487 g/mol. The summed E-state index contributed by atoms with van der Waals surface area (Å²) in [4.78, 5) is 10.7. The smallest absolute Gasteiger partial charge is 0.227 e. The minimum Gasteiger partial charge on any atom is -0.495 e. The zero-order valence-corrected chi connectivity index (χ0v) is 19.7. The predicted molar refractivity (Wildman–Crippen MR) is 127 cm³/mol. The summed E-state index contributed by atoms with van der Waals surface area (Å²) < 4.78 is 50.0. The number of methoxy groups -OCH3 is 3. The van der Waals surface area contributed by atoms with Crippen molar-refractivity contribution in [3.05, 3.63) is 53.9 Å². The van der Waals surface area contributed by atoms with E-state index in [2.05, 4.69) is 25.5 Å². The van der Waals surface area contributed by atoms with Gasteiger partial charge in [-0.3, -0.25) is 0 Å². The van der Waals surface area contributed by atoms with Gasteiger partial charge in [0.15, 0.2) is 28.9 Å². The zero-order chi connectivity index (χ0) is 24.8. The third kappa shape index (κ3) is 5.46. The molecule has 0 unspecified atom stereocenters. The molecular formula is C24H27F2N5O4. The molecule has 1 fully saturated rings. The molecule has 1 aliphatic heterocycles. The molecule has 2 heterocycles. The van der Waals surface area contributed by atoms with E-state index in [0.29, 0.717) is 5.95 Å². The molecule has 1 saturated heterocycles. The molecule has 11 heteroatoms. The van der Waals surface area contributed by atoms with Gasteiger partial charge in [0.25, 0.3) is 0 Å². The van der Waals surface area contributed by atoms with Gasteiger partial charge in [-0.1, -0.05) is 0 Å². The Labute approximate surface area is 202 Å². The van der Waals surface area contributed by atoms with Gasteiger partial charge in [-0.05, 0) is 12.1 Å². The van der Waals surface area contributed by atoms with Crippen molar-refractivity contribution in [1.29, 1.82) is 0 Å². The number of hydrogen-bond donors (Lipinski definition) is 2. The number of piperazine rings is 1. The lowest BCUT2D eigenvalue weighted by Gasteiger charge is -2.30. The molecule has 4 rings (SSSR count). The normalized spacial score (nSPS) is 13.3. The van der Waals surface area contributed by atoms with Gasteiger partial charge in [0.1, 0.15) is 12.4 Å². The molecule has 0 saturated carbocycles. The molecule has 35 heavy (non-hydrogen) atoms. The van der Waals surface area contributed by atoms with Crippen LogP contribution in [0.15, 0.2) is 36.7 Å². The first-order valence-electron chi connectivity index (χ1n) is 11.0. The Kier molecular flexibility index (Phi) is 7.66. The van der Waals surface area contributed by atoms with Crippen molar-refractivity contribution >= 4 is 17.3 Å². The second kappa shape index (κ2) is 11.0. The molecule has 3 aromatic rings. The fraction of sp³-hybridized carbons (Fsp3) is 0.333. The minimum absolute atomic E-state index is 0.143. The summed E-state index contributed by atoms with van der Waals surface area (Å²) in [5.74, 6) is -0.689. The third-order valence-corrected chi connectivity index (χ3v) is 5.57. The number of rotatable bonds is 9. The van der Waals surface area contributed by atoms with Gasteiger partial charge in [0, 0.05) is 44.0 Å². The van der Waals surface area contributed by atoms with Gasteiger partial charge in [-0.25, -0.2) is 18.7 Å². The van der Waals surface area contributed by atoms with E-state index < -0.39 is 18.2 Å². The number of aromatic nitrogens is 2. The van der Waals surface area contributed by atoms with Crippen LogP contribution in [0.4, 0.5) is 26.1 Å². The number of halogens is 2. The largest absolute Gasteiger partial charge is 0.495 e. The molecule has 0 bridgehead atoms. The molecule has 1 aromatic heterocycles. The topological polar surface area (TPSA) is 90.0 Å². The highest BCUT2D eigenvalue weighted by Crippen LogP contribution is 2.33. The number of anilines is 3. The standard InChI is InChI=1S/C24H27F2N5O4/c1-32-19-10-15(4-5-18(19)31-8-6-27-7-9-31)30-24-28-12-16(13-29-24)35-14-17-22(25)20(33-2)11-21(34-3)23(17)26/h4-5,10-13,27H,6-9,14H2,1-3H3,(H,28,29,30). The summed E-state index contributed by atoms with van der Waals surface area (Å²) >= 11 is 0. The molecular weight excluding hydrogens is 460 g/mol. The number of nitrogens with one attached hydrogen (secondary N) is 2. The lowest BCUT2D eigenvalue weighted by atomic mass is 10.1. The molecule has 2 N–H and O–H groups in total. The third-order valence-electron chi connectivity index (χ3n) is 5.57. The first-order valence-corrected chi connectivity index (χ1v) is 11.0. The maximum Gasteiger partial charge on any atom is 0.227 e. The molecule has 2 aromatic carbocycles. The Bertz CT molecular complexity index is 1130. The van der Waals surface area contributed by atoms with Crippen LogP contribution < -0.4 is 34.5 Å². The van der Waals surface area contributed by atoms with E-state index in [1.54, 1.807) is 7.11 Å². The second-order valence-corrected chi connectivity index (χ2v) is 7.67. The van der Waals surface area contributed by atoms with E-state index in [9.17, 15) is 8.78 Å². The van der Waals surface area contributed by atoms with Gasteiger partial charge < -0.3 is 34.5 Å². The Morgan fingerprint density at radius 3 is 2.14 bits per heavy atom. The molecule has 0 spiro atoms. The highest BCUT2D eigenvalue weighted by molar-refractivity contribution is 5.67. The Morgan fingerprint density at radius 1 is 0.914 bits per heavy atom. The SMILES string of the molecule is COc1cc(Nc2ncc(OCc3c(F)c(OC)cc(OC)c3F)cn2)ccc1N1CCNCC1. The molecule has 0 amide bonds. The van der Waals surface area contributed by atoms with E-state index in [1.807, 2.05) is 18.2 Å². The van der Waals surface area contributed by atoms with Gasteiger partial charge in [-0.15, -0.1) is 0 Å². The van der Waals surface area contributed by atoms with Crippen molar-refractivity contribution in [1.82, 2.24) is 15.3 Å². The van der Waals surface area contributed by atoms with E-state index in [4.69, 9.17) is 18.9 Å². The average Bonchev–Trinajstić information content (AvgIpc) is 2.90. The number of ether oxygens (including phenoxy) is 4. The van der Waals surface area contributed by atoms with Crippen LogP contribution >= 0.6 is 0 Å². The summed E-state index contributed by atoms with van der Waals surface area (Å²) in [5.41, 5.74) is 1.46. The van der Waals surface area contributed by atoms with Crippen molar-refractivity contribution < 1.29 is 27.7 Å². The zero-order valence-electron chi connectivity index (χ0n) is 19.7. The van der Waals surface area contributed by atoms with Gasteiger partial charge in [-0.2, -0.15) is 0 Å². The quantitative estimate of drug-likeness (QED) is 0.471. The summed E-state index contributed by atoms with van der Waals surface area (Å²) in [7, 11) is 4.21. The predicted octanol–water partition coefficient (Wildman–Crippen LogP) is 3.51. The fourth-order valence-electron chi connectivity index (χ4n) is 3.73. The van der Waals surface area contributed by atoms with Crippen molar-refractivity contribution in [3.8, 4) is 23.0 Å². The van der Waals surface area contributed by atoms with Gasteiger partial charge in [0.05, 0.1) is 45.0 Å². The summed E-state index contributed by atoms with van der Waals surface area (Å²) in [6.07, 6.45) is 2.82. The van der Waals surface area contributed by atoms with Crippen molar-refractivity contribution in [2.75, 3.05) is 57.7 Å². The Balaban J connectivity index is 1.43. The summed E-state index contributed by atoms with van der Waals surface area (Å²) in [5, 5.41) is 6.45. The van der Waals surface area contributed by atoms with Crippen molar-refractivity contribution in [2.45, 2.75) is 6.61 Å². The van der Waals surface area contributed by atoms with Crippen LogP contribution in [0.2, 0.25) is 0 Å². The Hall–Kier alpha value is -3.86. The highest BCUT2D eigenvalue weighted by Gasteiger charge is 2.21. The van der Waals surface area contributed by atoms with Crippen molar-refractivity contribution in [2.24, 2.45) is 0 Å². The van der Waals surface area contributed by atoms with E-state index in [-0.39, 0.29) is 22.8 Å². The molecule has 0 atom stereocenters. The molecule has 9 nitrogen and oxygen atoms in total. The first-order chi connectivity index (χ1) is 17.0. The van der Waals surface area contributed by atoms with Crippen LogP contribution in [0.5, 0.6) is 23.0 Å². The van der Waals surface area contributed by atoms with E-state index in [0.717, 1.165) is 49.4 Å².